The molecule has 0 radical (unpaired) electrons. The predicted octanol–water partition coefficient (Wildman–Crippen LogP) is 3.70. The van der Waals surface area contributed by atoms with E-state index in [4.69, 9.17) is 21.1 Å². The van der Waals surface area contributed by atoms with Crippen molar-refractivity contribution in [2.24, 2.45) is 0 Å². The number of piperidine rings is 1. The molecule has 27 heavy (non-hydrogen) atoms. The maximum Gasteiger partial charge on any atom is 0.251 e. The average Bonchev–Trinajstić information content (AvgIpc) is 2.68. The Bertz CT molecular complexity index is 595. The molecule has 0 aromatic heterocycles. The van der Waals surface area contributed by atoms with Gasteiger partial charge in [-0.3, -0.25) is 4.79 Å². The molecule has 0 aliphatic carbocycles. The fourth-order valence-corrected chi connectivity index (χ4v) is 3.99. The number of hydrogen-bond donors (Lipinski definition) is 1. The highest BCUT2D eigenvalue weighted by atomic mass is 35.5. The monoisotopic (exact) mass is 414 g/mol. The second kappa shape index (κ2) is 11.8. The zero-order chi connectivity index (χ0) is 19.6. The molecule has 1 saturated heterocycles. The van der Waals surface area contributed by atoms with Gasteiger partial charge < -0.3 is 19.7 Å². The largest absolute Gasteiger partial charge is 0.489 e. The quantitative estimate of drug-likeness (QED) is 0.591. The van der Waals surface area contributed by atoms with Crippen molar-refractivity contribution in [1.29, 1.82) is 0 Å². The summed E-state index contributed by atoms with van der Waals surface area (Å²) < 4.78 is 11.0. The van der Waals surface area contributed by atoms with Crippen LogP contribution in [0, 0.1) is 0 Å². The summed E-state index contributed by atoms with van der Waals surface area (Å²) in [6.07, 6.45) is 5.56. The number of benzene rings is 1. The molecule has 2 rings (SSSR count). The van der Waals surface area contributed by atoms with Crippen LogP contribution in [-0.2, 0) is 4.74 Å². The number of nitrogens with zero attached hydrogens (tertiary/aromatic N) is 1. The van der Waals surface area contributed by atoms with E-state index in [0.717, 1.165) is 25.9 Å². The highest BCUT2D eigenvalue weighted by molar-refractivity contribution is 7.98. The topological polar surface area (TPSA) is 50.8 Å². The summed E-state index contributed by atoms with van der Waals surface area (Å²) in [6, 6.07) is 5.83. The van der Waals surface area contributed by atoms with Gasteiger partial charge in [0.1, 0.15) is 11.9 Å². The second-order valence-corrected chi connectivity index (χ2v) is 8.27. The van der Waals surface area contributed by atoms with Crippen molar-refractivity contribution in [3.05, 3.63) is 28.8 Å². The molecule has 1 aliphatic rings. The molecule has 1 atom stereocenters. The lowest BCUT2D eigenvalue weighted by Gasteiger charge is -2.36. The van der Waals surface area contributed by atoms with Crippen molar-refractivity contribution in [2.45, 2.75) is 38.3 Å². The van der Waals surface area contributed by atoms with Crippen LogP contribution < -0.4 is 10.1 Å². The van der Waals surface area contributed by atoms with E-state index >= 15 is 0 Å². The molecule has 1 aromatic rings. The molecule has 0 unspecified atom stereocenters. The number of hydrogen-bond acceptors (Lipinski definition) is 5. The van der Waals surface area contributed by atoms with Gasteiger partial charge in [0, 0.05) is 38.3 Å². The summed E-state index contributed by atoms with van der Waals surface area (Å²) in [4.78, 5) is 14.6. The van der Waals surface area contributed by atoms with Crippen LogP contribution in [0.15, 0.2) is 18.2 Å². The van der Waals surface area contributed by atoms with Gasteiger partial charge in [0.25, 0.3) is 5.91 Å². The third-order valence-corrected chi connectivity index (χ3v) is 5.86. The Labute approximate surface area is 172 Å². The Morgan fingerprint density at radius 2 is 2.15 bits per heavy atom. The van der Waals surface area contributed by atoms with E-state index in [1.54, 1.807) is 25.3 Å². The third-order valence-electron chi connectivity index (χ3n) is 4.92. The van der Waals surface area contributed by atoms with Crippen LogP contribution in [0.2, 0.25) is 5.02 Å². The Balaban J connectivity index is 1.83. The van der Waals surface area contributed by atoms with E-state index in [1.165, 1.54) is 12.2 Å². The predicted molar refractivity (Wildman–Crippen MR) is 113 cm³/mol. The summed E-state index contributed by atoms with van der Waals surface area (Å²) in [7, 11) is 1.60. The lowest BCUT2D eigenvalue weighted by Crippen LogP contribution is -2.43. The van der Waals surface area contributed by atoms with Gasteiger partial charge >= 0.3 is 0 Å². The highest BCUT2D eigenvalue weighted by Gasteiger charge is 2.24. The van der Waals surface area contributed by atoms with E-state index in [2.05, 4.69) is 23.4 Å². The number of likely N-dealkylation sites (tertiary alicyclic amines) is 1. The SMILES string of the molecule is COCCNC(=O)c1ccc(OC2CCN([C@H](C)CCSC)CC2)c(Cl)c1. The summed E-state index contributed by atoms with van der Waals surface area (Å²) in [6.45, 7) is 5.37. The number of carbonyl (C=O) groups is 1. The average molecular weight is 415 g/mol. The van der Waals surface area contributed by atoms with E-state index in [0.29, 0.717) is 35.5 Å². The fraction of sp³-hybridized carbons (Fsp3) is 0.650. The summed E-state index contributed by atoms with van der Waals surface area (Å²) >= 11 is 8.25. The maximum atomic E-state index is 12.1. The molecular weight excluding hydrogens is 384 g/mol. The van der Waals surface area contributed by atoms with Gasteiger partial charge in [-0.05, 0) is 56.4 Å². The number of halogens is 1. The maximum absolute atomic E-state index is 12.1. The minimum Gasteiger partial charge on any atom is -0.489 e. The van der Waals surface area contributed by atoms with E-state index in [1.807, 2.05) is 11.8 Å². The Kier molecular flexibility index (Phi) is 9.76. The normalized spacial score (nSPS) is 16.9. The second-order valence-electron chi connectivity index (χ2n) is 6.88. The lowest BCUT2D eigenvalue weighted by atomic mass is 10.0. The van der Waals surface area contributed by atoms with Gasteiger partial charge in [0.05, 0.1) is 11.6 Å². The molecule has 1 fully saturated rings. The number of nitrogens with one attached hydrogen (secondary N) is 1. The van der Waals surface area contributed by atoms with E-state index in [-0.39, 0.29) is 12.0 Å². The first-order valence-corrected chi connectivity index (χ1v) is 11.3. The van der Waals surface area contributed by atoms with Crippen LogP contribution in [0.25, 0.3) is 0 Å². The molecule has 1 amide bonds. The number of carbonyl (C=O) groups excluding carboxylic acids is 1. The van der Waals surface area contributed by atoms with Crippen molar-refractivity contribution in [1.82, 2.24) is 10.2 Å². The van der Waals surface area contributed by atoms with Crippen molar-refractivity contribution >= 4 is 29.3 Å². The smallest absolute Gasteiger partial charge is 0.251 e. The van der Waals surface area contributed by atoms with Gasteiger partial charge in [-0.1, -0.05) is 11.6 Å². The molecule has 152 valence electrons. The van der Waals surface area contributed by atoms with Gasteiger partial charge in [0.2, 0.25) is 0 Å². The summed E-state index contributed by atoms with van der Waals surface area (Å²) in [5.74, 6) is 1.70. The molecule has 1 aliphatic heterocycles. The zero-order valence-electron chi connectivity index (χ0n) is 16.5. The van der Waals surface area contributed by atoms with Gasteiger partial charge in [0.15, 0.2) is 0 Å². The van der Waals surface area contributed by atoms with Crippen LogP contribution in [-0.4, -0.2) is 68.3 Å². The van der Waals surface area contributed by atoms with Crippen molar-refractivity contribution < 1.29 is 14.3 Å². The molecular formula is C20H31ClN2O3S. The number of rotatable bonds is 10. The van der Waals surface area contributed by atoms with Crippen LogP contribution in [0.5, 0.6) is 5.75 Å². The standard InChI is InChI=1S/C20H31ClN2O3S/c1-15(8-13-27-3)23-10-6-17(7-11-23)26-19-5-4-16(14-18(19)21)20(24)22-9-12-25-2/h4-5,14-15,17H,6-13H2,1-3H3,(H,22,24)/t15-/m1/s1. The Morgan fingerprint density at radius 3 is 2.78 bits per heavy atom. The van der Waals surface area contributed by atoms with Crippen molar-refractivity contribution in [3.8, 4) is 5.75 Å². The molecule has 0 saturated carbocycles. The van der Waals surface area contributed by atoms with Gasteiger partial charge in [-0.25, -0.2) is 0 Å². The number of thioether (sulfide) groups is 1. The minimum atomic E-state index is -0.159. The van der Waals surface area contributed by atoms with Crippen molar-refractivity contribution in [2.75, 3.05) is 45.4 Å². The molecule has 7 heteroatoms. The van der Waals surface area contributed by atoms with Gasteiger partial charge in [-0.2, -0.15) is 11.8 Å². The first kappa shape index (κ1) is 22.3. The van der Waals surface area contributed by atoms with E-state index < -0.39 is 0 Å². The Hall–Kier alpha value is -0.950. The van der Waals surface area contributed by atoms with Gasteiger partial charge in [-0.15, -0.1) is 0 Å². The van der Waals surface area contributed by atoms with E-state index in [9.17, 15) is 4.79 Å². The first-order valence-electron chi connectivity index (χ1n) is 9.51. The Morgan fingerprint density at radius 1 is 1.41 bits per heavy atom. The van der Waals surface area contributed by atoms with Crippen molar-refractivity contribution in [3.63, 3.8) is 0 Å². The third kappa shape index (κ3) is 7.18. The highest BCUT2D eigenvalue weighted by Crippen LogP contribution is 2.29. The fourth-order valence-electron chi connectivity index (χ4n) is 3.19. The summed E-state index contributed by atoms with van der Waals surface area (Å²) in [5.41, 5.74) is 0.529. The molecule has 1 N–H and O–H groups in total. The summed E-state index contributed by atoms with van der Waals surface area (Å²) in [5, 5.41) is 3.26. The number of ether oxygens (including phenoxy) is 2. The zero-order valence-corrected chi connectivity index (χ0v) is 18.1. The van der Waals surface area contributed by atoms with Crippen LogP contribution >= 0.6 is 23.4 Å². The number of amides is 1. The lowest BCUT2D eigenvalue weighted by molar-refractivity contribution is 0.0791. The number of methoxy groups -OCH3 is 1. The first-order chi connectivity index (χ1) is 13.0. The minimum absolute atomic E-state index is 0.159. The molecule has 5 nitrogen and oxygen atoms in total. The van der Waals surface area contributed by atoms with Crippen LogP contribution in [0.1, 0.15) is 36.5 Å². The molecule has 0 spiro atoms. The molecule has 0 bridgehead atoms. The molecule has 1 aromatic carbocycles. The van der Waals surface area contributed by atoms with Crippen LogP contribution in [0.4, 0.5) is 0 Å². The molecule has 1 heterocycles. The van der Waals surface area contributed by atoms with Crippen LogP contribution in [0.3, 0.4) is 0 Å².